The van der Waals surface area contributed by atoms with Gasteiger partial charge in [0.1, 0.15) is 0 Å². The number of carbonyl (C=O) groups excluding carboxylic acids is 1. The minimum atomic E-state index is -0.493. The van der Waals surface area contributed by atoms with E-state index in [2.05, 4.69) is 43.4 Å². The summed E-state index contributed by atoms with van der Waals surface area (Å²) in [6.45, 7) is 9.50. The molecule has 1 rings (SSSR count). The van der Waals surface area contributed by atoms with Crippen LogP contribution >= 0.6 is 0 Å². The summed E-state index contributed by atoms with van der Waals surface area (Å²) in [7, 11) is 1.43. The molecule has 0 aliphatic rings. The van der Waals surface area contributed by atoms with Crippen LogP contribution in [0.5, 0.6) is 0 Å². The molecule has 0 aromatic heterocycles. The van der Waals surface area contributed by atoms with Gasteiger partial charge in [0.15, 0.2) is 0 Å². The Balaban J connectivity index is 2.47. The summed E-state index contributed by atoms with van der Waals surface area (Å²) in [5.74, 6) is 0.371. The average molecular weight is 263 g/mol. The minimum absolute atomic E-state index is 0.185. The van der Waals surface area contributed by atoms with Crippen molar-refractivity contribution in [3.05, 3.63) is 35.4 Å². The van der Waals surface area contributed by atoms with E-state index in [-0.39, 0.29) is 5.97 Å². The molecule has 0 saturated carbocycles. The van der Waals surface area contributed by atoms with Gasteiger partial charge in [-0.1, -0.05) is 38.1 Å². The first-order valence-electron chi connectivity index (χ1n) is 6.75. The Kier molecular flexibility index (Phi) is 5.55. The van der Waals surface area contributed by atoms with Crippen LogP contribution in [0.15, 0.2) is 24.3 Å². The van der Waals surface area contributed by atoms with Crippen molar-refractivity contribution in [3.63, 3.8) is 0 Å². The van der Waals surface area contributed by atoms with Gasteiger partial charge < -0.3 is 10.1 Å². The molecule has 1 N–H and O–H groups in total. The van der Waals surface area contributed by atoms with E-state index >= 15 is 0 Å². The van der Waals surface area contributed by atoms with Gasteiger partial charge in [-0.05, 0) is 30.9 Å². The number of methoxy groups -OCH3 is 1. The summed E-state index contributed by atoms with van der Waals surface area (Å²) in [6.07, 6.45) is 0. The SMILES string of the molecule is COC(=O)C(C)(C)CNCc1ccc(C(C)C)cc1. The third-order valence-electron chi connectivity index (χ3n) is 3.28. The number of esters is 1. The summed E-state index contributed by atoms with van der Waals surface area (Å²) < 4.78 is 4.78. The maximum Gasteiger partial charge on any atom is 0.312 e. The maximum atomic E-state index is 11.5. The normalized spacial score (nSPS) is 11.7. The molecule has 0 fully saturated rings. The first-order valence-corrected chi connectivity index (χ1v) is 6.75. The predicted molar refractivity (Wildman–Crippen MR) is 78.0 cm³/mol. The first-order chi connectivity index (χ1) is 8.86. The standard InChI is InChI=1S/C16H25NO2/c1-12(2)14-8-6-13(7-9-14)10-17-11-16(3,4)15(18)19-5/h6-9,12,17H,10-11H2,1-5H3. The molecule has 0 radical (unpaired) electrons. The number of hydrogen-bond donors (Lipinski definition) is 1. The fraction of sp³-hybridized carbons (Fsp3) is 0.562. The Morgan fingerprint density at radius 3 is 2.32 bits per heavy atom. The van der Waals surface area contributed by atoms with Gasteiger partial charge in [-0.25, -0.2) is 0 Å². The highest BCUT2D eigenvalue weighted by Crippen LogP contribution is 2.17. The summed E-state index contributed by atoms with van der Waals surface area (Å²) >= 11 is 0. The van der Waals surface area contributed by atoms with Gasteiger partial charge >= 0.3 is 5.97 Å². The second-order valence-electron chi connectivity index (χ2n) is 5.88. The molecule has 0 bridgehead atoms. The largest absolute Gasteiger partial charge is 0.469 e. The molecule has 0 aliphatic carbocycles. The van der Waals surface area contributed by atoms with Crippen LogP contribution in [-0.2, 0) is 16.1 Å². The van der Waals surface area contributed by atoms with Crippen molar-refractivity contribution in [2.24, 2.45) is 5.41 Å². The number of ether oxygens (including phenoxy) is 1. The number of carbonyl (C=O) groups is 1. The number of nitrogens with one attached hydrogen (secondary N) is 1. The molecule has 0 amide bonds. The molecule has 19 heavy (non-hydrogen) atoms. The van der Waals surface area contributed by atoms with Gasteiger partial charge in [0.25, 0.3) is 0 Å². The van der Waals surface area contributed by atoms with Crippen molar-refractivity contribution in [3.8, 4) is 0 Å². The number of benzene rings is 1. The quantitative estimate of drug-likeness (QED) is 0.801. The second kappa shape index (κ2) is 6.71. The molecule has 1 aromatic rings. The highest BCUT2D eigenvalue weighted by atomic mass is 16.5. The van der Waals surface area contributed by atoms with Crippen molar-refractivity contribution < 1.29 is 9.53 Å². The van der Waals surface area contributed by atoms with Crippen LogP contribution in [0, 0.1) is 5.41 Å². The Labute approximate surface area is 116 Å². The fourth-order valence-electron chi connectivity index (χ4n) is 1.89. The lowest BCUT2D eigenvalue weighted by Gasteiger charge is -2.21. The third-order valence-corrected chi connectivity index (χ3v) is 3.28. The van der Waals surface area contributed by atoms with Crippen molar-refractivity contribution in [2.75, 3.05) is 13.7 Å². The molecule has 106 valence electrons. The molecule has 3 heteroatoms. The van der Waals surface area contributed by atoms with E-state index < -0.39 is 5.41 Å². The molecular weight excluding hydrogens is 238 g/mol. The minimum Gasteiger partial charge on any atom is -0.469 e. The summed E-state index contributed by atoms with van der Waals surface area (Å²) in [4.78, 5) is 11.5. The zero-order valence-electron chi connectivity index (χ0n) is 12.6. The van der Waals surface area contributed by atoms with Gasteiger partial charge in [0.05, 0.1) is 12.5 Å². The first kappa shape index (κ1) is 15.7. The average Bonchev–Trinajstić information content (AvgIpc) is 2.38. The highest BCUT2D eigenvalue weighted by Gasteiger charge is 2.27. The Morgan fingerprint density at radius 1 is 1.26 bits per heavy atom. The Morgan fingerprint density at radius 2 is 1.84 bits per heavy atom. The molecule has 0 heterocycles. The van der Waals surface area contributed by atoms with Gasteiger partial charge in [-0.2, -0.15) is 0 Å². The molecule has 0 spiro atoms. The van der Waals surface area contributed by atoms with Crippen LogP contribution in [0.25, 0.3) is 0 Å². The predicted octanol–water partition coefficient (Wildman–Crippen LogP) is 3.10. The van der Waals surface area contributed by atoms with Gasteiger partial charge in [-0.3, -0.25) is 4.79 Å². The van der Waals surface area contributed by atoms with E-state index in [1.807, 2.05) is 13.8 Å². The van der Waals surface area contributed by atoms with Crippen molar-refractivity contribution in [2.45, 2.75) is 40.2 Å². The van der Waals surface area contributed by atoms with Crippen LogP contribution < -0.4 is 5.32 Å². The Bertz CT molecular complexity index is 407. The third kappa shape index (κ3) is 4.67. The van der Waals surface area contributed by atoms with E-state index in [4.69, 9.17) is 4.74 Å². The Hall–Kier alpha value is -1.35. The summed E-state index contributed by atoms with van der Waals surface area (Å²) in [6, 6.07) is 8.58. The molecule has 0 unspecified atom stereocenters. The topological polar surface area (TPSA) is 38.3 Å². The maximum absolute atomic E-state index is 11.5. The van der Waals surface area contributed by atoms with Crippen molar-refractivity contribution >= 4 is 5.97 Å². The monoisotopic (exact) mass is 263 g/mol. The van der Waals surface area contributed by atoms with Gasteiger partial charge in [-0.15, -0.1) is 0 Å². The summed E-state index contributed by atoms with van der Waals surface area (Å²) in [5, 5.41) is 3.31. The zero-order valence-corrected chi connectivity index (χ0v) is 12.6. The van der Waals surface area contributed by atoms with Gasteiger partial charge in [0, 0.05) is 13.1 Å². The van der Waals surface area contributed by atoms with Crippen molar-refractivity contribution in [1.29, 1.82) is 0 Å². The molecular formula is C16H25NO2. The van der Waals surface area contributed by atoms with E-state index in [1.165, 1.54) is 18.2 Å². The fourth-order valence-corrected chi connectivity index (χ4v) is 1.89. The molecule has 3 nitrogen and oxygen atoms in total. The van der Waals surface area contributed by atoms with Crippen LogP contribution in [0.1, 0.15) is 44.7 Å². The van der Waals surface area contributed by atoms with Crippen LogP contribution in [0.3, 0.4) is 0 Å². The lowest BCUT2D eigenvalue weighted by Crippen LogP contribution is -2.36. The van der Waals surface area contributed by atoms with E-state index in [0.717, 1.165) is 6.54 Å². The van der Waals surface area contributed by atoms with Crippen LogP contribution in [0.4, 0.5) is 0 Å². The number of rotatable bonds is 6. The van der Waals surface area contributed by atoms with E-state index in [0.29, 0.717) is 12.5 Å². The lowest BCUT2D eigenvalue weighted by molar-refractivity contribution is -0.150. The van der Waals surface area contributed by atoms with E-state index in [9.17, 15) is 4.79 Å². The zero-order chi connectivity index (χ0) is 14.5. The molecule has 0 saturated heterocycles. The number of hydrogen-bond acceptors (Lipinski definition) is 3. The van der Waals surface area contributed by atoms with Crippen LogP contribution in [0.2, 0.25) is 0 Å². The lowest BCUT2D eigenvalue weighted by atomic mass is 9.93. The van der Waals surface area contributed by atoms with Gasteiger partial charge in [0.2, 0.25) is 0 Å². The van der Waals surface area contributed by atoms with Crippen LogP contribution in [-0.4, -0.2) is 19.6 Å². The molecule has 0 atom stereocenters. The smallest absolute Gasteiger partial charge is 0.312 e. The molecule has 1 aromatic carbocycles. The molecule has 0 aliphatic heterocycles. The summed E-state index contributed by atoms with van der Waals surface area (Å²) in [5.41, 5.74) is 2.08. The highest BCUT2D eigenvalue weighted by molar-refractivity contribution is 5.76. The van der Waals surface area contributed by atoms with Crippen molar-refractivity contribution in [1.82, 2.24) is 5.32 Å². The second-order valence-corrected chi connectivity index (χ2v) is 5.88. The van der Waals surface area contributed by atoms with E-state index in [1.54, 1.807) is 0 Å².